The van der Waals surface area contributed by atoms with Gasteiger partial charge in [-0.05, 0) is 12.5 Å². The van der Waals surface area contributed by atoms with Gasteiger partial charge in [0, 0.05) is 12.5 Å². The number of hydrogen-bond acceptors (Lipinski definition) is 2. The average molecular weight is 111 g/mol. The first kappa shape index (κ1) is 5.51. The zero-order valence-corrected chi connectivity index (χ0v) is 4.63. The van der Waals surface area contributed by atoms with E-state index in [4.69, 9.17) is 5.73 Å². The monoisotopic (exact) mass is 111 g/mol. The van der Waals surface area contributed by atoms with Gasteiger partial charge in [-0.1, -0.05) is 6.08 Å². The van der Waals surface area contributed by atoms with Gasteiger partial charge in [0.15, 0.2) is 5.78 Å². The Labute approximate surface area is 48.4 Å². The van der Waals surface area contributed by atoms with Crippen LogP contribution >= 0.6 is 0 Å². The van der Waals surface area contributed by atoms with Crippen molar-refractivity contribution >= 4 is 5.78 Å². The van der Waals surface area contributed by atoms with Crippen molar-refractivity contribution in [3.8, 4) is 0 Å². The van der Waals surface area contributed by atoms with Crippen molar-refractivity contribution < 1.29 is 4.79 Å². The molecule has 0 fully saturated rings. The molecule has 8 heavy (non-hydrogen) atoms. The minimum atomic E-state index is 0.0764. The lowest BCUT2D eigenvalue weighted by molar-refractivity contribution is -0.115. The van der Waals surface area contributed by atoms with Crippen LogP contribution in [-0.2, 0) is 4.79 Å². The van der Waals surface area contributed by atoms with Crippen LogP contribution in [0.2, 0.25) is 0 Å². The Hall–Kier alpha value is -0.630. The largest absolute Gasteiger partial charge is 0.327 e. The van der Waals surface area contributed by atoms with Gasteiger partial charge in [-0.3, -0.25) is 4.79 Å². The summed E-state index contributed by atoms with van der Waals surface area (Å²) < 4.78 is 0. The summed E-state index contributed by atoms with van der Waals surface area (Å²) >= 11 is 0. The number of allylic oxidation sites excluding steroid dienone is 1. The Bertz CT molecular complexity index is 128. The zero-order chi connectivity index (χ0) is 5.98. The second kappa shape index (κ2) is 2.09. The standard InChI is InChI=1S/C6H9NO/c7-5-2-1-3-6(8)4-5/h1,3,5H,2,4,7H2. The van der Waals surface area contributed by atoms with Crippen LogP contribution in [0, 0.1) is 0 Å². The Balaban J connectivity index is 2.54. The predicted octanol–water partition coefficient (Wildman–Crippen LogP) is 0.233. The molecule has 0 aromatic rings. The molecule has 0 heterocycles. The summed E-state index contributed by atoms with van der Waals surface area (Å²) in [5.74, 6) is 0.156. The maximum atomic E-state index is 10.5. The summed E-state index contributed by atoms with van der Waals surface area (Å²) in [6, 6.07) is 0.0764. The third-order valence-corrected chi connectivity index (χ3v) is 1.21. The van der Waals surface area contributed by atoms with E-state index < -0.39 is 0 Å². The van der Waals surface area contributed by atoms with Crippen LogP contribution in [0.1, 0.15) is 12.8 Å². The average Bonchev–Trinajstić information content (AvgIpc) is 1.64. The highest BCUT2D eigenvalue weighted by atomic mass is 16.1. The Kier molecular flexibility index (Phi) is 1.44. The molecular formula is C6H9NO. The maximum absolute atomic E-state index is 10.5. The lowest BCUT2D eigenvalue weighted by Crippen LogP contribution is -2.24. The molecule has 2 heteroatoms. The van der Waals surface area contributed by atoms with E-state index >= 15 is 0 Å². The molecule has 0 saturated heterocycles. The molecule has 1 atom stereocenters. The number of carbonyl (C=O) groups excluding carboxylic acids is 1. The molecule has 1 aliphatic rings. The van der Waals surface area contributed by atoms with Crippen molar-refractivity contribution in [2.45, 2.75) is 18.9 Å². The molecule has 44 valence electrons. The molecule has 1 unspecified atom stereocenters. The van der Waals surface area contributed by atoms with Crippen LogP contribution in [0.25, 0.3) is 0 Å². The van der Waals surface area contributed by atoms with Crippen molar-refractivity contribution in [2.24, 2.45) is 5.73 Å². The van der Waals surface area contributed by atoms with Crippen LogP contribution in [0.4, 0.5) is 0 Å². The fourth-order valence-corrected chi connectivity index (χ4v) is 0.784. The summed E-state index contributed by atoms with van der Waals surface area (Å²) in [5, 5.41) is 0. The van der Waals surface area contributed by atoms with Crippen molar-refractivity contribution in [1.29, 1.82) is 0 Å². The topological polar surface area (TPSA) is 43.1 Å². The van der Waals surface area contributed by atoms with Gasteiger partial charge in [0.2, 0.25) is 0 Å². The predicted molar refractivity (Wildman–Crippen MR) is 31.4 cm³/mol. The molecule has 0 aromatic carbocycles. The molecule has 2 N–H and O–H groups in total. The number of ketones is 1. The second-order valence-corrected chi connectivity index (χ2v) is 2.07. The third kappa shape index (κ3) is 1.17. The number of rotatable bonds is 0. The summed E-state index contributed by atoms with van der Waals surface area (Å²) in [7, 11) is 0. The second-order valence-electron chi connectivity index (χ2n) is 2.07. The minimum Gasteiger partial charge on any atom is -0.327 e. The molecule has 0 bridgehead atoms. The Morgan fingerprint density at radius 2 is 2.50 bits per heavy atom. The van der Waals surface area contributed by atoms with Gasteiger partial charge in [0.1, 0.15) is 0 Å². The molecular weight excluding hydrogens is 102 g/mol. The normalized spacial score (nSPS) is 28.6. The van der Waals surface area contributed by atoms with Crippen LogP contribution in [0.15, 0.2) is 12.2 Å². The van der Waals surface area contributed by atoms with Crippen LogP contribution in [0.3, 0.4) is 0 Å². The van der Waals surface area contributed by atoms with E-state index in [0.717, 1.165) is 6.42 Å². The molecule has 0 radical (unpaired) electrons. The first-order chi connectivity index (χ1) is 3.79. The summed E-state index contributed by atoms with van der Waals surface area (Å²) in [6.45, 7) is 0. The summed E-state index contributed by atoms with van der Waals surface area (Å²) in [5.41, 5.74) is 5.45. The molecule has 0 saturated carbocycles. The highest BCUT2D eigenvalue weighted by Gasteiger charge is 2.08. The third-order valence-electron chi connectivity index (χ3n) is 1.21. The summed E-state index contributed by atoms with van der Waals surface area (Å²) in [4.78, 5) is 10.5. The van der Waals surface area contributed by atoms with Crippen LogP contribution in [-0.4, -0.2) is 11.8 Å². The molecule has 1 rings (SSSR count). The van der Waals surface area contributed by atoms with Gasteiger partial charge in [-0.25, -0.2) is 0 Å². The van der Waals surface area contributed by atoms with Crippen molar-refractivity contribution in [2.75, 3.05) is 0 Å². The molecule has 0 spiro atoms. The van der Waals surface area contributed by atoms with Gasteiger partial charge in [0.25, 0.3) is 0 Å². The molecule has 0 aromatic heterocycles. The quantitative estimate of drug-likeness (QED) is 0.486. The van der Waals surface area contributed by atoms with E-state index in [1.165, 1.54) is 0 Å². The number of hydrogen-bond donors (Lipinski definition) is 1. The zero-order valence-electron chi connectivity index (χ0n) is 4.63. The fraction of sp³-hybridized carbons (Fsp3) is 0.500. The van der Waals surface area contributed by atoms with E-state index in [0.29, 0.717) is 6.42 Å². The minimum absolute atomic E-state index is 0.0764. The van der Waals surface area contributed by atoms with E-state index in [1.54, 1.807) is 6.08 Å². The lowest BCUT2D eigenvalue weighted by atomic mass is 10.0. The van der Waals surface area contributed by atoms with Gasteiger partial charge in [-0.2, -0.15) is 0 Å². The molecule has 0 amide bonds. The molecule has 1 aliphatic carbocycles. The van der Waals surface area contributed by atoms with Gasteiger partial charge >= 0.3 is 0 Å². The highest BCUT2D eigenvalue weighted by Crippen LogP contribution is 2.03. The van der Waals surface area contributed by atoms with Crippen molar-refractivity contribution in [3.05, 3.63) is 12.2 Å². The van der Waals surface area contributed by atoms with E-state index in [1.807, 2.05) is 6.08 Å². The smallest absolute Gasteiger partial charge is 0.156 e. The Morgan fingerprint density at radius 3 is 2.88 bits per heavy atom. The SMILES string of the molecule is NC1CC=CC(=O)C1. The van der Waals surface area contributed by atoms with E-state index in [2.05, 4.69) is 0 Å². The maximum Gasteiger partial charge on any atom is 0.156 e. The van der Waals surface area contributed by atoms with Crippen LogP contribution in [0.5, 0.6) is 0 Å². The highest BCUT2D eigenvalue weighted by molar-refractivity contribution is 5.90. The first-order valence-corrected chi connectivity index (χ1v) is 2.74. The van der Waals surface area contributed by atoms with Gasteiger partial charge in [0.05, 0.1) is 0 Å². The molecule has 0 aliphatic heterocycles. The number of carbonyl (C=O) groups is 1. The molecule has 2 nitrogen and oxygen atoms in total. The van der Waals surface area contributed by atoms with Gasteiger partial charge < -0.3 is 5.73 Å². The Morgan fingerprint density at radius 1 is 1.75 bits per heavy atom. The van der Waals surface area contributed by atoms with E-state index in [-0.39, 0.29) is 11.8 Å². The van der Waals surface area contributed by atoms with E-state index in [9.17, 15) is 4.79 Å². The van der Waals surface area contributed by atoms with Crippen molar-refractivity contribution in [1.82, 2.24) is 0 Å². The summed E-state index contributed by atoms with van der Waals surface area (Å²) in [6.07, 6.45) is 4.81. The van der Waals surface area contributed by atoms with Crippen molar-refractivity contribution in [3.63, 3.8) is 0 Å². The fourth-order valence-electron chi connectivity index (χ4n) is 0.784. The first-order valence-electron chi connectivity index (χ1n) is 2.74. The van der Waals surface area contributed by atoms with Crippen LogP contribution < -0.4 is 5.73 Å². The number of nitrogens with two attached hydrogens (primary N) is 1. The lowest BCUT2D eigenvalue weighted by Gasteiger charge is -2.09. The van der Waals surface area contributed by atoms with Gasteiger partial charge in [-0.15, -0.1) is 0 Å².